The molecule has 0 bridgehead atoms. The van der Waals surface area contributed by atoms with E-state index in [1.165, 1.54) is 42.5 Å². The normalized spacial score (nSPS) is 11.3. The van der Waals surface area contributed by atoms with Gasteiger partial charge < -0.3 is 15.6 Å². The Morgan fingerprint density at radius 2 is 1.89 bits per heavy atom. The minimum Gasteiger partial charge on any atom is -0.364 e. The van der Waals surface area contributed by atoms with Gasteiger partial charge in [0.1, 0.15) is 16.7 Å². The van der Waals surface area contributed by atoms with Crippen LogP contribution in [0.1, 0.15) is 0 Å². The van der Waals surface area contributed by atoms with Crippen LogP contribution in [0, 0.1) is 5.82 Å². The number of aromatic amines is 1. The highest BCUT2D eigenvalue weighted by Gasteiger charge is 2.20. The zero-order chi connectivity index (χ0) is 26.0. The number of hydrogen-bond donors (Lipinski definition) is 4. The number of aromatic nitrogens is 2. The van der Waals surface area contributed by atoms with E-state index in [0.29, 0.717) is 0 Å². The summed E-state index contributed by atoms with van der Waals surface area (Å²) in [6.45, 7) is 3.33. The second kappa shape index (κ2) is 9.93. The van der Waals surface area contributed by atoms with Gasteiger partial charge in [-0.05, 0) is 55.2 Å². The highest BCUT2D eigenvalue weighted by Crippen LogP contribution is 2.25. The van der Waals surface area contributed by atoms with Crippen LogP contribution in [-0.2, 0) is 10.0 Å². The van der Waals surface area contributed by atoms with E-state index in [1.54, 1.807) is 0 Å². The first kappa shape index (κ1) is 25.1. The molecule has 0 fully saturated rings. The summed E-state index contributed by atoms with van der Waals surface area (Å²) < 4.78 is 41.6. The zero-order valence-electron chi connectivity index (χ0n) is 18.0. The lowest BCUT2D eigenvalue weighted by atomic mass is 10.2. The maximum atomic E-state index is 14.4. The number of aliphatic imine (C=N–C) groups is 1. The number of anilines is 2. The molecule has 2 aromatic carbocycles. The molecule has 0 aliphatic rings. The van der Waals surface area contributed by atoms with Crippen molar-refractivity contribution in [1.82, 2.24) is 14.3 Å². The van der Waals surface area contributed by atoms with Crippen molar-refractivity contribution in [2.24, 2.45) is 4.99 Å². The van der Waals surface area contributed by atoms with Crippen LogP contribution in [0.4, 0.5) is 20.6 Å². The Kier molecular flexibility index (Phi) is 6.92. The topological polar surface area (TPSA) is 155 Å². The molecule has 0 unspecified atom stereocenters. The summed E-state index contributed by atoms with van der Waals surface area (Å²) in [6.07, 6.45) is 0. The number of thiophene rings is 1. The Morgan fingerprint density at radius 3 is 2.53 bits per heavy atom. The molecule has 0 aliphatic heterocycles. The first-order valence-electron chi connectivity index (χ1n) is 9.93. The van der Waals surface area contributed by atoms with Crippen LogP contribution >= 0.6 is 22.9 Å². The summed E-state index contributed by atoms with van der Waals surface area (Å²) >= 11 is 6.52. The van der Waals surface area contributed by atoms with E-state index in [1.807, 2.05) is 4.72 Å². The molecule has 36 heavy (non-hydrogen) atoms. The molecule has 4 aromatic rings. The molecule has 4 N–H and O–H groups in total. The highest BCUT2D eigenvalue weighted by molar-refractivity contribution is 7.92. The van der Waals surface area contributed by atoms with Gasteiger partial charge in [-0.15, -0.1) is 11.3 Å². The molecule has 0 radical (unpaired) electrons. The van der Waals surface area contributed by atoms with Gasteiger partial charge in [-0.25, -0.2) is 31.7 Å². The van der Waals surface area contributed by atoms with Crippen molar-refractivity contribution in [1.29, 1.82) is 0 Å². The van der Waals surface area contributed by atoms with E-state index >= 15 is 0 Å². The summed E-state index contributed by atoms with van der Waals surface area (Å²) in [6, 6.07) is 9.33. The maximum absolute atomic E-state index is 14.4. The lowest BCUT2D eigenvalue weighted by Crippen LogP contribution is -2.34. The molecule has 186 valence electrons. The van der Waals surface area contributed by atoms with Crippen LogP contribution in [-0.4, -0.2) is 37.4 Å². The quantitative estimate of drug-likeness (QED) is 0.259. The third-order valence-corrected chi connectivity index (χ3v) is 7.84. The van der Waals surface area contributed by atoms with Crippen LogP contribution in [0.25, 0.3) is 16.6 Å². The van der Waals surface area contributed by atoms with Gasteiger partial charge in [0.2, 0.25) is 0 Å². The van der Waals surface area contributed by atoms with Crippen molar-refractivity contribution in [2.75, 3.05) is 17.3 Å². The minimum atomic E-state index is -4.12. The molecule has 4 rings (SSSR count). The van der Waals surface area contributed by atoms with Crippen LogP contribution in [0.3, 0.4) is 0 Å². The molecule has 2 amide bonds. The number of nitrogens with zero attached hydrogens (tertiary/aromatic N) is 2. The Labute approximate surface area is 211 Å². The van der Waals surface area contributed by atoms with E-state index in [-0.39, 0.29) is 43.2 Å². The summed E-state index contributed by atoms with van der Waals surface area (Å²) in [5.74, 6) is -0.716. The fourth-order valence-electron chi connectivity index (χ4n) is 3.21. The first-order chi connectivity index (χ1) is 17.1. The Bertz CT molecular complexity index is 1710. The molecule has 0 spiro atoms. The van der Waals surface area contributed by atoms with E-state index < -0.39 is 33.1 Å². The van der Waals surface area contributed by atoms with Crippen LogP contribution < -0.4 is 26.6 Å². The second-order valence-corrected chi connectivity index (χ2v) is 10.8. The number of hydrogen-bond acceptors (Lipinski definition) is 8. The van der Waals surface area contributed by atoms with E-state index in [2.05, 4.69) is 27.3 Å². The van der Waals surface area contributed by atoms with Crippen molar-refractivity contribution in [3.63, 3.8) is 0 Å². The van der Waals surface area contributed by atoms with Crippen molar-refractivity contribution in [3.05, 3.63) is 79.5 Å². The van der Waals surface area contributed by atoms with Crippen molar-refractivity contribution in [2.45, 2.75) is 4.21 Å². The van der Waals surface area contributed by atoms with Crippen molar-refractivity contribution in [3.8, 4) is 5.69 Å². The standard InChI is InChI=1S/C21H16ClFN6O5S2/c1-24-10-25-16-9-15-13(8-14(16)23)19(30)29(21(32)27-15)12-4-2-11(3-5-12)26-20(31)28-36(33,34)18-7-6-17(22)35-18/h2-9,25H,1,10H2,(H,27,32)(H2,26,28,31). The number of benzene rings is 2. The fraction of sp³-hybridized carbons (Fsp3) is 0.0476. The number of amides is 2. The molecule has 0 atom stereocenters. The SMILES string of the molecule is C=NCNc1cc2[nH]c(=O)n(-c3ccc(NC(=O)NS(=O)(=O)c4ccc(Cl)s4)cc3)c(=O)c2cc1F. The Morgan fingerprint density at radius 1 is 1.17 bits per heavy atom. The Hall–Kier alpha value is -4.01. The number of urea groups is 1. The molecule has 2 heterocycles. The smallest absolute Gasteiger partial charge is 0.333 e. The van der Waals surface area contributed by atoms with Gasteiger partial charge in [-0.1, -0.05) is 11.6 Å². The number of nitrogens with one attached hydrogen (secondary N) is 4. The monoisotopic (exact) mass is 550 g/mol. The molecule has 11 nitrogen and oxygen atoms in total. The number of carbonyl (C=O) groups excluding carboxylic acids is 1. The number of rotatable bonds is 7. The molecule has 2 aromatic heterocycles. The van der Waals surface area contributed by atoms with Gasteiger partial charge >= 0.3 is 11.7 Å². The summed E-state index contributed by atoms with van der Waals surface area (Å²) in [4.78, 5) is 43.8. The second-order valence-electron chi connectivity index (χ2n) is 7.17. The molecular formula is C21H16ClFN6O5S2. The van der Waals surface area contributed by atoms with E-state index in [0.717, 1.165) is 22.0 Å². The van der Waals surface area contributed by atoms with Gasteiger partial charge in [-0.2, -0.15) is 0 Å². The number of sulfonamides is 1. The van der Waals surface area contributed by atoms with Gasteiger partial charge in [0.25, 0.3) is 15.6 Å². The van der Waals surface area contributed by atoms with Gasteiger partial charge in [0.05, 0.1) is 26.6 Å². The molecule has 0 saturated heterocycles. The van der Waals surface area contributed by atoms with Crippen LogP contribution in [0.2, 0.25) is 4.34 Å². The number of H-pyrrole nitrogens is 1. The minimum absolute atomic E-state index is 0.0381. The lowest BCUT2D eigenvalue weighted by Gasteiger charge is -2.11. The summed E-state index contributed by atoms with van der Waals surface area (Å²) in [5, 5.41) is 4.95. The largest absolute Gasteiger partial charge is 0.364 e. The van der Waals surface area contributed by atoms with Gasteiger partial charge in [0, 0.05) is 5.69 Å². The third kappa shape index (κ3) is 5.15. The summed E-state index contributed by atoms with van der Waals surface area (Å²) in [5.41, 5.74) is -1.06. The summed E-state index contributed by atoms with van der Waals surface area (Å²) in [7, 11) is -4.12. The molecule has 15 heteroatoms. The average molecular weight is 551 g/mol. The molecule has 0 saturated carbocycles. The maximum Gasteiger partial charge on any atom is 0.333 e. The van der Waals surface area contributed by atoms with Crippen molar-refractivity contribution >= 4 is 68.0 Å². The molecular weight excluding hydrogens is 535 g/mol. The van der Waals surface area contributed by atoms with Gasteiger partial charge in [-0.3, -0.25) is 9.79 Å². The zero-order valence-corrected chi connectivity index (χ0v) is 20.4. The van der Waals surface area contributed by atoms with E-state index in [4.69, 9.17) is 11.6 Å². The Balaban J connectivity index is 1.57. The predicted molar refractivity (Wildman–Crippen MR) is 137 cm³/mol. The fourth-order valence-corrected chi connectivity index (χ4v) is 5.60. The average Bonchev–Trinajstić information content (AvgIpc) is 3.26. The number of fused-ring (bicyclic) bond motifs is 1. The van der Waals surface area contributed by atoms with Gasteiger partial charge in [0.15, 0.2) is 0 Å². The lowest BCUT2D eigenvalue weighted by molar-refractivity contribution is 0.256. The van der Waals surface area contributed by atoms with Crippen LogP contribution in [0.5, 0.6) is 0 Å². The van der Waals surface area contributed by atoms with E-state index in [9.17, 15) is 27.2 Å². The first-order valence-corrected chi connectivity index (χ1v) is 12.6. The van der Waals surface area contributed by atoms with Crippen LogP contribution in [0.15, 0.2) is 67.3 Å². The molecule has 0 aliphatic carbocycles. The van der Waals surface area contributed by atoms with Crippen molar-refractivity contribution < 1.29 is 17.6 Å². The predicted octanol–water partition coefficient (Wildman–Crippen LogP) is 3.11. The highest BCUT2D eigenvalue weighted by atomic mass is 35.5. The number of carbonyl (C=O) groups is 1. The number of halogens is 2. The third-order valence-electron chi connectivity index (χ3n) is 4.79.